The van der Waals surface area contributed by atoms with E-state index in [1.165, 1.54) is 25.3 Å². The first kappa shape index (κ1) is 12.5. The Balaban J connectivity index is 3.55. The van der Waals surface area contributed by atoms with Gasteiger partial charge < -0.3 is 4.29 Å². The van der Waals surface area contributed by atoms with Gasteiger partial charge in [0.05, 0.1) is 0 Å². The summed E-state index contributed by atoms with van der Waals surface area (Å²) in [6.45, 7) is 4.09. The molecule has 0 unspecified atom stereocenters. The Kier molecular flexibility index (Phi) is 7.80. The Morgan fingerprint density at radius 2 is 2.08 bits per heavy atom. The molecular formula is C10H17ClO2. The van der Waals surface area contributed by atoms with Crippen molar-refractivity contribution in [3.05, 3.63) is 11.6 Å². The van der Waals surface area contributed by atoms with Gasteiger partial charge in [-0.25, -0.2) is 4.79 Å². The van der Waals surface area contributed by atoms with E-state index in [4.69, 9.17) is 11.9 Å². The summed E-state index contributed by atoms with van der Waals surface area (Å²) in [5.74, 6) is -0.477. The standard InChI is InChI=1S/C10H17ClO2/c1-3-4-5-6-7-9(2)8-10(12)13-11/h8H,3-7H2,1-2H3/b9-8+. The molecule has 0 amide bonds. The van der Waals surface area contributed by atoms with Crippen molar-refractivity contribution in [2.45, 2.75) is 46.0 Å². The van der Waals surface area contributed by atoms with Gasteiger partial charge in [0.1, 0.15) is 11.9 Å². The van der Waals surface area contributed by atoms with Gasteiger partial charge in [-0.2, -0.15) is 0 Å². The lowest BCUT2D eigenvalue weighted by atomic mass is 10.1. The zero-order valence-corrected chi connectivity index (χ0v) is 9.06. The molecule has 76 valence electrons. The summed E-state index contributed by atoms with van der Waals surface area (Å²) in [7, 11) is 0. The summed E-state index contributed by atoms with van der Waals surface area (Å²) in [5, 5.41) is 0. The fraction of sp³-hybridized carbons (Fsp3) is 0.700. The number of hydrogen-bond donors (Lipinski definition) is 0. The van der Waals surface area contributed by atoms with Gasteiger partial charge in [-0.3, -0.25) is 0 Å². The van der Waals surface area contributed by atoms with Gasteiger partial charge >= 0.3 is 5.97 Å². The Morgan fingerprint density at radius 1 is 1.38 bits per heavy atom. The molecule has 0 atom stereocenters. The van der Waals surface area contributed by atoms with Crippen LogP contribution in [0.1, 0.15) is 46.0 Å². The van der Waals surface area contributed by atoms with E-state index >= 15 is 0 Å². The lowest BCUT2D eigenvalue weighted by Crippen LogP contribution is -1.92. The average molecular weight is 205 g/mol. The van der Waals surface area contributed by atoms with Crippen LogP contribution in [0.2, 0.25) is 0 Å². The molecule has 0 rings (SSSR count). The van der Waals surface area contributed by atoms with E-state index in [-0.39, 0.29) is 0 Å². The quantitative estimate of drug-likeness (QED) is 0.488. The van der Waals surface area contributed by atoms with Gasteiger partial charge in [0.15, 0.2) is 0 Å². The van der Waals surface area contributed by atoms with Crippen LogP contribution in [0.4, 0.5) is 0 Å². The van der Waals surface area contributed by atoms with E-state index in [1.807, 2.05) is 6.92 Å². The highest BCUT2D eigenvalue weighted by Gasteiger charge is 1.97. The third kappa shape index (κ3) is 7.85. The van der Waals surface area contributed by atoms with Gasteiger partial charge in [0, 0.05) is 6.08 Å². The van der Waals surface area contributed by atoms with Crippen molar-refractivity contribution in [2.75, 3.05) is 0 Å². The van der Waals surface area contributed by atoms with Gasteiger partial charge in [0.25, 0.3) is 0 Å². The topological polar surface area (TPSA) is 26.3 Å². The third-order valence-electron chi connectivity index (χ3n) is 1.86. The summed E-state index contributed by atoms with van der Waals surface area (Å²) in [5.41, 5.74) is 1.03. The second-order valence-electron chi connectivity index (χ2n) is 3.20. The Bertz CT molecular complexity index is 176. The predicted molar refractivity (Wildman–Crippen MR) is 54.5 cm³/mol. The maximum atomic E-state index is 10.7. The number of carbonyl (C=O) groups is 1. The van der Waals surface area contributed by atoms with Crippen molar-refractivity contribution in [3.8, 4) is 0 Å². The molecule has 0 bridgehead atoms. The van der Waals surface area contributed by atoms with Crippen LogP contribution in [0.15, 0.2) is 11.6 Å². The molecular weight excluding hydrogens is 188 g/mol. The fourth-order valence-corrected chi connectivity index (χ4v) is 1.17. The lowest BCUT2D eigenvalue weighted by Gasteiger charge is -1.99. The van der Waals surface area contributed by atoms with E-state index in [2.05, 4.69) is 11.2 Å². The first-order valence-corrected chi connectivity index (χ1v) is 5.01. The van der Waals surface area contributed by atoms with Crippen molar-refractivity contribution in [1.82, 2.24) is 0 Å². The van der Waals surface area contributed by atoms with Crippen molar-refractivity contribution in [1.29, 1.82) is 0 Å². The second kappa shape index (κ2) is 8.11. The van der Waals surface area contributed by atoms with E-state index in [0.29, 0.717) is 0 Å². The minimum atomic E-state index is -0.477. The number of halogens is 1. The molecule has 0 aliphatic carbocycles. The number of unbranched alkanes of at least 4 members (excludes halogenated alkanes) is 3. The summed E-state index contributed by atoms with van der Waals surface area (Å²) < 4.78 is 4.01. The monoisotopic (exact) mass is 204 g/mol. The van der Waals surface area contributed by atoms with Gasteiger partial charge in [-0.15, -0.1) is 0 Å². The molecule has 2 nitrogen and oxygen atoms in total. The largest absolute Gasteiger partial charge is 0.348 e. The molecule has 0 aromatic rings. The molecule has 0 radical (unpaired) electrons. The van der Waals surface area contributed by atoms with Crippen LogP contribution in [0.5, 0.6) is 0 Å². The van der Waals surface area contributed by atoms with E-state index < -0.39 is 5.97 Å². The Hall–Kier alpha value is -0.500. The number of carbonyl (C=O) groups excluding carboxylic acids is 1. The number of allylic oxidation sites excluding steroid dienone is 1. The second-order valence-corrected chi connectivity index (χ2v) is 3.35. The molecule has 3 heteroatoms. The predicted octanol–water partition coefficient (Wildman–Crippen LogP) is 3.60. The highest BCUT2D eigenvalue weighted by Crippen LogP contribution is 2.09. The molecule has 0 saturated heterocycles. The van der Waals surface area contributed by atoms with Crippen LogP contribution in [0, 0.1) is 0 Å². The molecule has 0 aliphatic rings. The van der Waals surface area contributed by atoms with Gasteiger partial charge in [0.2, 0.25) is 0 Å². The maximum Gasteiger partial charge on any atom is 0.348 e. The van der Waals surface area contributed by atoms with Crippen LogP contribution in [-0.4, -0.2) is 5.97 Å². The highest BCUT2D eigenvalue weighted by atomic mass is 35.5. The fourth-order valence-electron chi connectivity index (χ4n) is 1.13. The summed E-state index contributed by atoms with van der Waals surface area (Å²) >= 11 is 4.89. The zero-order chi connectivity index (χ0) is 10.1. The highest BCUT2D eigenvalue weighted by molar-refractivity contribution is 6.14. The Morgan fingerprint density at radius 3 is 2.62 bits per heavy atom. The van der Waals surface area contributed by atoms with Crippen LogP contribution >= 0.6 is 11.9 Å². The van der Waals surface area contributed by atoms with Crippen molar-refractivity contribution >= 4 is 17.8 Å². The SMILES string of the molecule is CCCCCC/C(C)=C/C(=O)OCl. The molecule has 0 saturated carbocycles. The average Bonchev–Trinajstić information content (AvgIpc) is 2.12. The van der Waals surface area contributed by atoms with Gasteiger partial charge in [-0.1, -0.05) is 31.8 Å². The summed E-state index contributed by atoms with van der Waals surface area (Å²) in [4.78, 5) is 10.7. The van der Waals surface area contributed by atoms with Crippen LogP contribution in [0.3, 0.4) is 0 Å². The zero-order valence-electron chi connectivity index (χ0n) is 8.31. The minimum absolute atomic E-state index is 0.477. The minimum Gasteiger partial charge on any atom is -0.344 e. The first-order valence-electron chi connectivity index (χ1n) is 4.70. The smallest absolute Gasteiger partial charge is 0.344 e. The summed E-state index contributed by atoms with van der Waals surface area (Å²) in [6, 6.07) is 0. The Labute approximate surface area is 85.1 Å². The van der Waals surface area contributed by atoms with E-state index in [0.717, 1.165) is 18.4 Å². The number of rotatable bonds is 6. The maximum absolute atomic E-state index is 10.7. The number of hydrogen-bond acceptors (Lipinski definition) is 2. The van der Waals surface area contributed by atoms with Crippen LogP contribution < -0.4 is 0 Å². The van der Waals surface area contributed by atoms with Gasteiger partial charge in [-0.05, 0) is 19.8 Å². The molecule has 0 aromatic carbocycles. The van der Waals surface area contributed by atoms with Crippen molar-refractivity contribution < 1.29 is 9.08 Å². The molecule has 0 spiro atoms. The first-order chi connectivity index (χ1) is 6.20. The summed E-state index contributed by atoms with van der Waals surface area (Å²) in [6.07, 6.45) is 7.23. The third-order valence-corrected chi connectivity index (χ3v) is 2.02. The van der Waals surface area contributed by atoms with Crippen molar-refractivity contribution in [3.63, 3.8) is 0 Å². The molecule has 0 aliphatic heterocycles. The normalized spacial score (nSPS) is 11.5. The lowest BCUT2D eigenvalue weighted by molar-refractivity contribution is -0.128. The van der Waals surface area contributed by atoms with Crippen molar-refractivity contribution in [2.24, 2.45) is 0 Å². The van der Waals surface area contributed by atoms with E-state index in [1.54, 1.807) is 0 Å². The molecule has 0 aromatic heterocycles. The molecule has 13 heavy (non-hydrogen) atoms. The van der Waals surface area contributed by atoms with Crippen LogP contribution in [0.25, 0.3) is 0 Å². The molecule has 0 fully saturated rings. The van der Waals surface area contributed by atoms with E-state index in [9.17, 15) is 4.79 Å². The molecule has 0 N–H and O–H groups in total. The molecule has 0 heterocycles. The van der Waals surface area contributed by atoms with Crippen LogP contribution in [-0.2, 0) is 9.08 Å².